The molecule has 1 amide bonds. The highest BCUT2D eigenvalue weighted by Gasteiger charge is 2.31. The van der Waals surface area contributed by atoms with Gasteiger partial charge in [0.05, 0.1) is 12.1 Å². The number of nitrogens with zero attached hydrogens (tertiary/aromatic N) is 3. The molecule has 2 aromatic carbocycles. The summed E-state index contributed by atoms with van der Waals surface area (Å²) in [6.07, 6.45) is -3.25. The first-order valence-corrected chi connectivity index (χ1v) is 11.6. The number of nitrogens with one attached hydrogen (secondary N) is 1. The lowest BCUT2D eigenvalue weighted by molar-refractivity contribution is -0.137. The van der Waals surface area contributed by atoms with E-state index < -0.39 is 11.7 Å². The van der Waals surface area contributed by atoms with Gasteiger partial charge in [-0.05, 0) is 55.1 Å². The highest BCUT2D eigenvalue weighted by molar-refractivity contribution is 5.92. The van der Waals surface area contributed by atoms with Crippen LogP contribution >= 0.6 is 0 Å². The largest absolute Gasteiger partial charge is 0.416 e. The maximum Gasteiger partial charge on any atom is 0.416 e. The van der Waals surface area contributed by atoms with Crippen LogP contribution in [0.25, 0.3) is 11.4 Å². The molecule has 1 aliphatic rings. The third-order valence-corrected chi connectivity index (χ3v) is 6.25. The lowest BCUT2D eigenvalue weighted by Crippen LogP contribution is -2.37. The molecule has 1 aliphatic heterocycles. The van der Waals surface area contributed by atoms with Crippen LogP contribution in [0.3, 0.4) is 0 Å². The van der Waals surface area contributed by atoms with Crippen LogP contribution in [0.5, 0.6) is 0 Å². The van der Waals surface area contributed by atoms with Gasteiger partial charge in [-0.2, -0.15) is 18.2 Å². The number of rotatable bonds is 5. The standard InChI is InChI=1S/C26H29F3N4O2/c1-25(2,3)19-9-7-17(8-10-19)23-31-22(35-32-23)16-33-13-11-18(12-14-33)24(34)30-21-6-4-5-20(15-21)26(27,28)29/h4-10,15,18H,11-14,16H2,1-3H3,(H,30,34). The normalized spacial score (nSPS) is 15.8. The lowest BCUT2D eigenvalue weighted by atomic mass is 9.87. The Kier molecular flexibility index (Phi) is 6.98. The van der Waals surface area contributed by atoms with Gasteiger partial charge in [0.2, 0.25) is 17.6 Å². The molecular weight excluding hydrogens is 457 g/mol. The number of carbonyl (C=O) groups excluding carboxylic acids is 1. The summed E-state index contributed by atoms with van der Waals surface area (Å²) in [6.45, 7) is 8.26. The number of alkyl halides is 3. The average Bonchev–Trinajstić information content (AvgIpc) is 3.27. The number of aromatic nitrogens is 2. The van der Waals surface area contributed by atoms with Crippen LogP contribution in [0.4, 0.5) is 18.9 Å². The first-order valence-electron chi connectivity index (χ1n) is 11.6. The molecule has 4 rings (SSSR count). The molecule has 0 saturated carbocycles. The quantitative estimate of drug-likeness (QED) is 0.486. The van der Waals surface area contributed by atoms with E-state index in [-0.39, 0.29) is 22.9 Å². The fourth-order valence-electron chi connectivity index (χ4n) is 4.12. The SMILES string of the molecule is CC(C)(C)c1ccc(-c2noc(CN3CCC(C(=O)Nc4cccc(C(F)(F)F)c4)CC3)n2)cc1. The molecule has 1 N–H and O–H groups in total. The van der Waals surface area contributed by atoms with E-state index in [2.05, 4.69) is 53.3 Å². The molecule has 0 aliphatic carbocycles. The Labute approximate surface area is 202 Å². The van der Waals surface area contributed by atoms with E-state index in [1.807, 2.05) is 12.1 Å². The molecule has 1 fully saturated rings. The summed E-state index contributed by atoms with van der Waals surface area (Å²) in [6, 6.07) is 12.8. The summed E-state index contributed by atoms with van der Waals surface area (Å²) in [5, 5.41) is 6.73. The Morgan fingerprint density at radius 2 is 1.74 bits per heavy atom. The predicted molar refractivity (Wildman–Crippen MR) is 127 cm³/mol. The van der Waals surface area contributed by atoms with E-state index in [9.17, 15) is 18.0 Å². The van der Waals surface area contributed by atoms with E-state index in [1.165, 1.54) is 17.7 Å². The Morgan fingerprint density at radius 1 is 1.06 bits per heavy atom. The molecule has 35 heavy (non-hydrogen) atoms. The van der Waals surface area contributed by atoms with Crippen molar-refractivity contribution in [1.29, 1.82) is 0 Å². The number of hydrogen-bond donors (Lipinski definition) is 1. The lowest BCUT2D eigenvalue weighted by Gasteiger charge is -2.30. The Balaban J connectivity index is 1.29. The zero-order chi connectivity index (χ0) is 25.2. The molecule has 9 heteroatoms. The van der Waals surface area contributed by atoms with Gasteiger partial charge in [-0.1, -0.05) is 56.3 Å². The smallest absolute Gasteiger partial charge is 0.338 e. The topological polar surface area (TPSA) is 71.3 Å². The van der Waals surface area contributed by atoms with Crippen molar-refractivity contribution >= 4 is 11.6 Å². The Hall–Kier alpha value is -3.20. The van der Waals surface area contributed by atoms with E-state index in [0.717, 1.165) is 17.7 Å². The van der Waals surface area contributed by atoms with Crippen LogP contribution in [-0.2, 0) is 22.9 Å². The van der Waals surface area contributed by atoms with Crippen LogP contribution < -0.4 is 5.32 Å². The van der Waals surface area contributed by atoms with Gasteiger partial charge in [-0.15, -0.1) is 0 Å². The second-order valence-electron chi connectivity index (χ2n) is 9.96. The van der Waals surface area contributed by atoms with Crippen molar-refractivity contribution in [3.63, 3.8) is 0 Å². The van der Waals surface area contributed by atoms with Crippen molar-refractivity contribution in [2.45, 2.75) is 51.7 Å². The minimum atomic E-state index is -4.45. The molecule has 0 bridgehead atoms. The van der Waals surface area contributed by atoms with Gasteiger partial charge in [0.15, 0.2) is 0 Å². The number of piperidine rings is 1. The second-order valence-corrected chi connectivity index (χ2v) is 9.96. The van der Waals surface area contributed by atoms with Crippen molar-refractivity contribution < 1.29 is 22.5 Å². The molecular formula is C26H29F3N4O2. The maximum absolute atomic E-state index is 12.9. The maximum atomic E-state index is 12.9. The Bertz CT molecular complexity index is 1160. The predicted octanol–water partition coefficient (Wildman–Crippen LogP) is 5.90. The summed E-state index contributed by atoms with van der Waals surface area (Å²) < 4.78 is 44.1. The van der Waals surface area contributed by atoms with E-state index in [1.54, 1.807) is 0 Å². The zero-order valence-corrected chi connectivity index (χ0v) is 20.0. The fraction of sp³-hybridized carbons (Fsp3) is 0.423. The van der Waals surface area contributed by atoms with Crippen LogP contribution in [0.15, 0.2) is 53.1 Å². The summed E-state index contributed by atoms with van der Waals surface area (Å²) >= 11 is 0. The molecule has 1 aromatic heterocycles. The molecule has 0 unspecified atom stereocenters. The number of amides is 1. The highest BCUT2D eigenvalue weighted by atomic mass is 19.4. The van der Waals surface area contributed by atoms with Gasteiger partial charge in [0, 0.05) is 17.2 Å². The van der Waals surface area contributed by atoms with Gasteiger partial charge >= 0.3 is 6.18 Å². The zero-order valence-electron chi connectivity index (χ0n) is 20.0. The van der Waals surface area contributed by atoms with Gasteiger partial charge in [-0.25, -0.2) is 0 Å². The number of hydrogen-bond acceptors (Lipinski definition) is 5. The molecule has 0 radical (unpaired) electrons. The number of anilines is 1. The summed E-state index contributed by atoms with van der Waals surface area (Å²) in [5.74, 6) is 0.519. The minimum absolute atomic E-state index is 0.0665. The number of carbonyl (C=O) groups is 1. The van der Waals surface area contributed by atoms with E-state index in [0.29, 0.717) is 44.2 Å². The van der Waals surface area contributed by atoms with Crippen molar-refractivity contribution in [3.05, 3.63) is 65.5 Å². The first kappa shape index (κ1) is 24.9. The van der Waals surface area contributed by atoms with Crippen molar-refractivity contribution in [2.24, 2.45) is 5.92 Å². The van der Waals surface area contributed by atoms with Crippen LogP contribution in [-0.4, -0.2) is 34.0 Å². The average molecular weight is 487 g/mol. The molecule has 0 spiro atoms. The molecule has 186 valence electrons. The fourth-order valence-corrected chi connectivity index (χ4v) is 4.12. The van der Waals surface area contributed by atoms with Crippen LogP contribution in [0.1, 0.15) is 50.6 Å². The first-order chi connectivity index (χ1) is 16.5. The van der Waals surface area contributed by atoms with E-state index >= 15 is 0 Å². The molecule has 6 nitrogen and oxygen atoms in total. The van der Waals surface area contributed by atoms with Gasteiger partial charge in [0.1, 0.15) is 0 Å². The summed E-state index contributed by atoms with van der Waals surface area (Å²) in [4.78, 5) is 19.2. The van der Waals surface area contributed by atoms with Gasteiger partial charge < -0.3 is 9.84 Å². The summed E-state index contributed by atoms with van der Waals surface area (Å²) in [5.41, 5.74) is 1.55. The van der Waals surface area contributed by atoms with Crippen molar-refractivity contribution in [1.82, 2.24) is 15.0 Å². The molecule has 3 aromatic rings. The van der Waals surface area contributed by atoms with E-state index in [4.69, 9.17) is 4.52 Å². The van der Waals surface area contributed by atoms with Crippen LogP contribution in [0, 0.1) is 5.92 Å². The highest BCUT2D eigenvalue weighted by Crippen LogP contribution is 2.31. The monoisotopic (exact) mass is 486 g/mol. The molecule has 2 heterocycles. The summed E-state index contributed by atoms with van der Waals surface area (Å²) in [7, 11) is 0. The number of likely N-dealkylation sites (tertiary alicyclic amines) is 1. The molecule has 1 saturated heterocycles. The third kappa shape index (κ3) is 6.28. The van der Waals surface area contributed by atoms with Gasteiger partial charge in [-0.3, -0.25) is 9.69 Å². The second kappa shape index (κ2) is 9.81. The number of benzene rings is 2. The minimum Gasteiger partial charge on any atom is -0.338 e. The van der Waals surface area contributed by atoms with Gasteiger partial charge in [0.25, 0.3) is 0 Å². The third-order valence-electron chi connectivity index (χ3n) is 6.25. The van der Waals surface area contributed by atoms with Crippen molar-refractivity contribution in [3.8, 4) is 11.4 Å². The Morgan fingerprint density at radius 3 is 2.37 bits per heavy atom. The number of halogens is 3. The van der Waals surface area contributed by atoms with Crippen LogP contribution in [0.2, 0.25) is 0 Å². The molecule has 0 atom stereocenters. The van der Waals surface area contributed by atoms with Crippen molar-refractivity contribution in [2.75, 3.05) is 18.4 Å².